The third-order valence-corrected chi connectivity index (χ3v) is 6.29. The van der Waals surface area contributed by atoms with Gasteiger partial charge in [-0.15, -0.1) is 0 Å². The number of benzene rings is 2. The molecule has 2 atom stereocenters. The molecule has 1 amide bonds. The van der Waals surface area contributed by atoms with E-state index in [4.69, 9.17) is 0 Å². The van der Waals surface area contributed by atoms with E-state index in [0.717, 1.165) is 43.7 Å². The summed E-state index contributed by atoms with van der Waals surface area (Å²) in [5.41, 5.74) is 3.19. The number of carbonyl (C=O) groups excluding carboxylic acids is 1. The predicted molar refractivity (Wildman–Crippen MR) is 111 cm³/mol. The second-order valence-electron chi connectivity index (χ2n) is 8.21. The van der Waals surface area contributed by atoms with Crippen LogP contribution in [-0.2, 0) is 11.2 Å². The fourth-order valence-corrected chi connectivity index (χ4v) is 4.63. The molecular weight excluding hydrogens is 368 g/mol. The molecular formula is C22H24N4O3. The number of amides is 1. The summed E-state index contributed by atoms with van der Waals surface area (Å²) < 4.78 is 0. The van der Waals surface area contributed by atoms with Crippen molar-refractivity contribution in [2.24, 2.45) is 5.92 Å². The van der Waals surface area contributed by atoms with E-state index >= 15 is 0 Å². The van der Waals surface area contributed by atoms with Gasteiger partial charge in [0.1, 0.15) is 0 Å². The zero-order valence-electron chi connectivity index (χ0n) is 16.2. The minimum absolute atomic E-state index is 0.0525. The maximum atomic E-state index is 13.1. The number of hydrogen-bond acceptors (Lipinski definition) is 5. The average Bonchev–Trinajstić information content (AvgIpc) is 3.56. The van der Waals surface area contributed by atoms with Crippen molar-refractivity contribution >= 4 is 23.0 Å². The molecule has 2 heterocycles. The predicted octanol–water partition coefficient (Wildman–Crippen LogP) is 2.74. The van der Waals surface area contributed by atoms with Crippen LogP contribution >= 0.6 is 0 Å². The first-order valence-electron chi connectivity index (χ1n) is 10.2. The number of hydrogen-bond donors (Lipinski definition) is 1. The lowest BCUT2D eigenvalue weighted by Crippen LogP contribution is -2.61. The van der Waals surface area contributed by atoms with Crippen LogP contribution in [-0.4, -0.2) is 42.5 Å². The summed E-state index contributed by atoms with van der Waals surface area (Å²) in [7, 11) is 0. The van der Waals surface area contributed by atoms with Crippen molar-refractivity contribution < 1.29 is 9.72 Å². The zero-order chi connectivity index (χ0) is 20.0. The Morgan fingerprint density at radius 2 is 1.90 bits per heavy atom. The smallest absolute Gasteiger partial charge is 0.269 e. The van der Waals surface area contributed by atoms with Crippen LogP contribution in [0.2, 0.25) is 0 Å². The van der Waals surface area contributed by atoms with Gasteiger partial charge in [0.05, 0.1) is 16.9 Å². The van der Waals surface area contributed by atoms with Crippen LogP contribution in [0, 0.1) is 16.0 Å². The number of nitro groups is 1. The molecule has 2 aromatic rings. The lowest BCUT2D eigenvalue weighted by atomic mass is 9.83. The van der Waals surface area contributed by atoms with Gasteiger partial charge in [-0.05, 0) is 43.0 Å². The number of carbonyl (C=O) groups is 1. The minimum atomic E-state index is -0.362. The van der Waals surface area contributed by atoms with E-state index in [-0.39, 0.29) is 28.5 Å². The average molecular weight is 392 g/mol. The largest absolute Gasteiger partial charge is 0.368 e. The quantitative estimate of drug-likeness (QED) is 0.639. The molecule has 5 rings (SSSR count). The second-order valence-corrected chi connectivity index (χ2v) is 8.21. The molecule has 0 unspecified atom stereocenters. The summed E-state index contributed by atoms with van der Waals surface area (Å²) >= 11 is 0. The molecule has 1 N–H and O–H groups in total. The Kier molecular flexibility index (Phi) is 4.38. The molecule has 1 saturated carbocycles. The van der Waals surface area contributed by atoms with E-state index in [9.17, 15) is 14.9 Å². The highest BCUT2D eigenvalue weighted by Crippen LogP contribution is 2.39. The van der Waals surface area contributed by atoms with Gasteiger partial charge in [0.2, 0.25) is 5.91 Å². The summed E-state index contributed by atoms with van der Waals surface area (Å²) in [6.45, 7) is 2.41. The van der Waals surface area contributed by atoms with E-state index in [1.165, 1.54) is 5.69 Å². The van der Waals surface area contributed by atoms with Crippen LogP contribution in [0.4, 0.5) is 17.1 Å². The van der Waals surface area contributed by atoms with Crippen molar-refractivity contribution in [1.29, 1.82) is 0 Å². The number of non-ortho nitro benzene ring substituents is 1. The molecule has 2 fully saturated rings. The molecule has 0 aromatic heterocycles. The molecule has 0 radical (unpaired) electrons. The number of nitrogens with one attached hydrogen (secondary N) is 1. The molecule has 29 heavy (non-hydrogen) atoms. The molecule has 7 heteroatoms. The lowest BCUT2D eigenvalue weighted by Gasteiger charge is -2.49. The highest BCUT2D eigenvalue weighted by atomic mass is 16.6. The summed E-state index contributed by atoms with van der Waals surface area (Å²) in [6, 6.07) is 15.7. The maximum Gasteiger partial charge on any atom is 0.269 e. The summed E-state index contributed by atoms with van der Waals surface area (Å²) in [4.78, 5) is 28.6. The first-order valence-corrected chi connectivity index (χ1v) is 10.2. The molecule has 7 nitrogen and oxygen atoms in total. The standard InChI is InChI=1S/C22H24N4O3/c27-22(23-16-6-7-16)19-13-15-12-18(26(28)29)8-9-20(15)25-11-10-24(14-21(19)25)17-4-2-1-3-5-17/h1-5,8-9,12,16,19,21H,6-7,10-11,13-14H2,(H,23,27)/t19-,21-/m1/s1. The maximum absolute atomic E-state index is 13.1. The van der Waals surface area contributed by atoms with Crippen LogP contribution < -0.4 is 15.1 Å². The highest BCUT2D eigenvalue weighted by Gasteiger charge is 2.43. The van der Waals surface area contributed by atoms with Gasteiger partial charge in [0.15, 0.2) is 0 Å². The monoisotopic (exact) mass is 392 g/mol. The number of para-hydroxylation sites is 1. The van der Waals surface area contributed by atoms with E-state index in [1.54, 1.807) is 12.1 Å². The molecule has 1 saturated heterocycles. The van der Waals surface area contributed by atoms with Crippen molar-refractivity contribution in [3.8, 4) is 0 Å². The number of piperazine rings is 1. The summed E-state index contributed by atoms with van der Waals surface area (Å²) in [5, 5.41) is 14.4. The molecule has 0 spiro atoms. The van der Waals surface area contributed by atoms with Crippen molar-refractivity contribution in [3.63, 3.8) is 0 Å². The Hall–Kier alpha value is -3.09. The number of fused-ring (bicyclic) bond motifs is 3. The second kappa shape index (κ2) is 7.06. The Balaban J connectivity index is 1.48. The van der Waals surface area contributed by atoms with Crippen LogP contribution in [0.15, 0.2) is 48.5 Å². The van der Waals surface area contributed by atoms with Crippen molar-refractivity contribution in [1.82, 2.24) is 5.32 Å². The van der Waals surface area contributed by atoms with Crippen LogP contribution in [0.3, 0.4) is 0 Å². The van der Waals surface area contributed by atoms with Gasteiger partial charge < -0.3 is 15.1 Å². The van der Waals surface area contributed by atoms with Crippen molar-refractivity contribution in [2.45, 2.75) is 31.3 Å². The third kappa shape index (κ3) is 3.41. The van der Waals surface area contributed by atoms with Crippen molar-refractivity contribution in [2.75, 3.05) is 29.4 Å². The minimum Gasteiger partial charge on any atom is -0.368 e. The third-order valence-electron chi connectivity index (χ3n) is 6.29. The van der Waals surface area contributed by atoms with E-state index in [1.807, 2.05) is 24.3 Å². The Labute approximate surface area is 169 Å². The molecule has 2 aromatic carbocycles. The van der Waals surface area contributed by atoms with Crippen molar-refractivity contribution in [3.05, 3.63) is 64.2 Å². The number of nitro benzene ring substituents is 1. The summed E-state index contributed by atoms with van der Waals surface area (Å²) in [5.74, 6) is -0.133. The molecule has 3 aliphatic rings. The van der Waals surface area contributed by atoms with E-state index in [0.29, 0.717) is 12.5 Å². The van der Waals surface area contributed by atoms with Gasteiger partial charge in [-0.25, -0.2) is 0 Å². The molecule has 2 aliphatic heterocycles. The van der Waals surface area contributed by atoms with Gasteiger partial charge in [-0.3, -0.25) is 14.9 Å². The van der Waals surface area contributed by atoms with E-state index in [2.05, 4.69) is 27.2 Å². The van der Waals surface area contributed by atoms with E-state index < -0.39 is 0 Å². The van der Waals surface area contributed by atoms with Crippen LogP contribution in [0.25, 0.3) is 0 Å². The number of nitrogens with zero attached hydrogens (tertiary/aromatic N) is 3. The Morgan fingerprint density at radius 1 is 1.10 bits per heavy atom. The zero-order valence-corrected chi connectivity index (χ0v) is 16.2. The van der Waals surface area contributed by atoms with Gasteiger partial charge in [0.25, 0.3) is 5.69 Å². The normalized spacial score (nSPS) is 23.2. The number of anilines is 2. The summed E-state index contributed by atoms with van der Waals surface area (Å²) in [6.07, 6.45) is 2.63. The SMILES string of the molecule is O=C(NC1CC1)[C@@H]1Cc2cc([N+](=O)[O-])ccc2N2CCN(c3ccccc3)C[C@H]12. The topological polar surface area (TPSA) is 78.7 Å². The Morgan fingerprint density at radius 3 is 2.62 bits per heavy atom. The fourth-order valence-electron chi connectivity index (χ4n) is 4.63. The van der Waals surface area contributed by atoms with Gasteiger partial charge >= 0.3 is 0 Å². The highest BCUT2D eigenvalue weighted by molar-refractivity contribution is 5.83. The molecule has 1 aliphatic carbocycles. The van der Waals surface area contributed by atoms with Gasteiger partial charge in [-0.2, -0.15) is 0 Å². The first-order chi connectivity index (χ1) is 14.1. The lowest BCUT2D eigenvalue weighted by molar-refractivity contribution is -0.384. The molecule has 0 bridgehead atoms. The van der Waals surface area contributed by atoms with Gasteiger partial charge in [0, 0.05) is 49.2 Å². The fraction of sp³-hybridized carbons (Fsp3) is 0.409. The van der Waals surface area contributed by atoms with Gasteiger partial charge in [-0.1, -0.05) is 18.2 Å². The first kappa shape index (κ1) is 18.0. The molecule has 150 valence electrons. The Bertz CT molecular complexity index is 944. The van der Waals surface area contributed by atoms with Crippen LogP contribution in [0.1, 0.15) is 18.4 Å². The number of rotatable bonds is 4. The van der Waals surface area contributed by atoms with Crippen LogP contribution in [0.5, 0.6) is 0 Å².